The van der Waals surface area contributed by atoms with Gasteiger partial charge in [0.1, 0.15) is 17.9 Å². The smallest absolute Gasteiger partial charge is 0.226 e. The molecule has 2 aliphatic rings. The van der Waals surface area contributed by atoms with Gasteiger partial charge >= 0.3 is 0 Å². The van der Waals surface area contributed by atoms with Crippen LogP contribution >= 0.6 is 0 Å². The molecule has 2 aromatic rings. The topological polar surface area (TPSA) is 89.7 Å². The normalized spacial score (nSPS) is 25.0. The number of furan rings is 1. The van der Waals surface area contributed by atoms with E-state index in [4.69, 9.17) is 13.9 Å². The van der Waals surface area contributed by atoms with E-state index in [-0.39, 0.29) is 23.8 Å². The van der Waals surface area contributed by atoms with E-state index in [0.717, 1.165) is 18.1 Å². The molecule has 2 saturated heterocycles. The lowest BCUT2D eigenvalue weighted by molar-refractivity contribution is -0.126. The molecule has 8 heteroatoms. The molecule has 0 spiro atoms. The number of amides is 1. The molecular formula is C17H20N4O4. The number of carbonyl (C=O) groups excluding carboxylic acids is 1. The Bertz CT molecular complexity index is 736. The first-order valence-corrected chi connectivity index (χ1v) is 8.27. The Hall–Kier alpha value is -2.61. The minimum Gasteiger partial charge on any atom is -0.481 e. The third-order valence-corrected chi connectivity index (χ3v) is 4.83. The number of carbonyl (C=O) groups is 1. The van der Waals surface area contributed by atoms with E-state index in [2.05, 4.69) is 20.2 Å². The van der Waals surface area contributed by atoms with Crippen LogP contribution in [0, 0.1) is 11.8 Å². The fraction of sp³-hybridized carbons (Fsp3) is 0.471. The van der Waals surface area contributed by atoms with E-state index in [1.165, 1.54) is 6.33 Å². The quantitative estimate of drug-likeness (QED) is 0.860. The van der Waals surface area contributed by atoms with Crippen LogP contribution in [0.3, 0.4) is 0 Å². The van der Waals surface area contributed by atoms with Gasteiger partial charge in [-0.2, -0.15) is 0 Å². The Labute approximate surface area is 145 Å². The van der Waals surface area contributed by atoms with Crippen molar-refractivity contribution in [1.82, 2.24) is 15.3 Å². The van der Waals surface area contributed by atoms with Gasteiger partial charge in [0.15, 0.2) is 0 Å². The van der Waals surface area contributed by atoms with Crippen molar-refractivity contribution in [3.05, 3.63) is 36.5 Å². The second-order valence-electron chi connectivity index (χ2n) is 6.26. The molecule has 3 atom stereocenters. The van der Waals surface area contributed by atoms with Crippen molar-refractivity contribution in [3.63, 3.8) is 0 Å². The molecule has 4 heterocycles. The summed E-state index contributed by atoms with van der Waals surface area (Å²) in [4.78, 5) is 23.0. The number of methoxy groups -OCH3 is 1. The van der Waals surface area contributed by atoms with Gasteiger partial charge in [-0.15, -0.1) is 0 Å². The first kappa shape index (κ1) is 15.9. The van der Waals surface area contributed by atoms with Crippen molar-refractivity contribution in [2.45, 2.75) is 12.6 Å². The van der Waals surface area contributed by atoms with Gasteiger partial charge in [-0.05, 0) is 12.1 Å². The van der Waals surface area contributed by atoms with Crippen LogP contribution < -0.4 is 15.0 Å². The predicted molar refractivity (Wildman–Crippen MR) is 88.1 cm³/mol. The van der Waals surface area contributed by atoms with Gasteiger partial charge in [-0.1, -0.05) is 0 Å². The fourth-order valence-electron chi connectivity index (χ4n) is 3.50. The molecule has 0 unspecified atom stereocenters. The van der Waals surface area contributed by atoms with Crippen LogP contribution in [0.25, 0.3) is 0 Å². The molecule has 25 heavy (non-hydrogen) atoms. The molecule has 4 rings (SSSR count). The van der Waals surface area contributed by atoms with Gasteiger partial charge in [-0.3, -0.25) is 4.79 Å². The Morgan fingerprint density at radius 1 is 1.44 bits per heavy atom. The highest BCUT2D eigenvalue weighted by atomic mass is 16.5. The van der Waals surface area contributed by atoms with Crippen molar-refractivity contribution in [3.8, 4) is 5.88 Å². The van der Waals surface area contributed by atoms with Crippen LogP contribution in [0.15, 0.2) is 35.2 Å². The van der Waals surface area contributed by atoms with Crippen molar-refractivity contribution < 1.29 is 18.7 Å². The Balaban J connectivity index is 1.39. The lowest BCUT2D eigenvalue weighted by atomic mass is 9.92. The third kappa shape index (κ3) is 3.17. The maximum Gasteiger partial charge on any atom is 0.226 e. The number of fused-ring (bicyclic) bond motifs is 1. The maximum atomic E-state index is 12.5. The van der Waals surface area contributed by atoms with E-state index in [0.29, 0.717) is 25.6 Å². The third-order valence-electron chi connectivity index (χ3n) is 4.83. The van der Waals surface area contributed by atoms with E-state index < -0.39 is 0 Å². The SMILES string of the molecule is COc1cc(N2C[C@H]3[C@@H](C2)OC[C@H]3C(=O)NCc2ccco2)ncn1. The maximum absolute atomic E-state index is 12.5. The molecule has 2 aliphatic heterocycles. The molecule has 1 amide bonds. The number of anilines is 1. The molecule has 2 aromatic heterocycles. The highest BCUT2D eigenvalue weighted by Gasteiger charge is 2.47. The van der Waals surface area contributed by atoms with Gasteiger partial charge < -0.3 is 24.1 Å². The number of rotatable bonds is 5. The van der Waals surface area contributed by atoms with Gasteiger partial charge in [0, 0.05) is 25.1 Å². The first-order valence-electron chi connectivity index (χ1n) is 8.27. The second-order valence-corrected chi connectivity index (χ2v) is 6.26. The zero-order valence-corrected chi connectivity index (χ0v) is 13.9. The highest BCUT2D eigenvalue weighted by molar-refractivity contribution is 5.79. The number of aromatic nitrogens is 2. The summed E-state index contributed by atoms with van der Waals surface area (Å²) in [7, 11) is 1.58. The average Bonchev–Trinajstić information content (AvgIpc) is 3.36. The molecule has 0 saturated carbocycles. The van der Waals surface area contributed by atoms with Crippen LogP contribution in [-0.2, 0) is 16.1 Å². The molecule has 0 aliphatic carbocycles. The number of ether oxygens (including phenoxy) is 2. The number of nitrogens with one attached hydrogen (secondary N) is 1. The van der Waals surface area contributed by atoms with Crippen molar-refractivity contribution in [2.75, 3.05) is 31.7 Å². The Morgan fingerprint density at radius 3 is 3.16 bits per heavy atom. The fourth-order valence-corrected chi connectivity index (χ4v) is 3.50. The molecule has 0 bridgehead atoms. The minimum atomic E-state index is -0.159. The molecular weight excluding hydrogens is 324 g/mol. The van der Waals surface area contributed by atoms with Crippen LogP contribution in [-0.4, -0.2) is 48.8 Å². The number of nitrogens with zero attached hydrogens (tertiary/aromatic N) is 3. The van der Waals surface area contributed by atoms with Crippen molar-refractivity contribution in [2.24, 2.45) is 11.8 Å². The van der Waals surface area contributed by atoms with E-state index in [9.17, 15) is 4.79 Å². The van der Waals surface area contributed by atoms with Crippen LogP contribution in [0.1, 0.15) is 5.76 Å². The predicted octanol–water partition coefficient (Wildman–Crippen LogP) is 0.846. The monoisotopic (exact) mass is 344 g/mol. The summed E-state index contributed by atoms with van der Waals surface area (Å²) in [5, 5.41) is 2.94. The average molecular weight is 344 g/mol. The van der Waals surface area contributed by atoms with Crippen LogP contribution in [0.4, 0.5) is 5.82 Å². The zero-order valence-electron chi connectivity index (χ0n) is 13.9. The standard InChI is InChI=1S/C17H20N4O4/c1-23-16-5-15(19-10-20-16)21-7-12-13(9-25-14(12)8-21)17(22)18-6-11-3-2-4-24-11/h2-5,10,12-14H,6-9H2,1H3,(H,18,22)/t12-,13-,14-/m1/s1. The Morgan fingerprint density at radius 2 is 2.36 bits per heavy atom. The summed E-state index contributed by atoms with van der Waals surface area (Å²) >= 11 is 0. The lowest BCUT2D eigenvalue weighted by Crippen LogP contribution is -2.36. The highest BCUT2D eigenvalue weighted by Crippen LogP contribution is 2.35. The molecule has 8 nitrogen and oxygen atoms in total. The van der Waals surface area contributed by atoms with Gasteiger partial charge in [0.05, 0.1) is 38.5 Å². The number of hydrogen-bond acceptors (Lipinski definition) is 7. The first-order chi connectivity index (χ1) is 12.2. The summed E-state index contributed by atoms with van der Waals surface area (Å²) in [6, 6.07) is 5.45. The lowest BCUT2D eigenvalue weighted by Gasteiger charge is -2.20. The molecule has 1 N–H and O–H groups in total. The molecule has 0 aromatic carbocycles. The van der Waals surface area contributed by atoms with Crippen LogP contribution in [0.2, 0.25) is 0 Å². The summed E-state index contributed by atoms with van der Waals surface area (Å²) in [5.74, 6) is 2.05. The summed E-state index contributed by atoms with van der Waals surface area (Å²) < 4.78 is 16.3. The summed E-state index contributed by atoms with van der Waals surface area (Å²) in [6.07, 6.45) is 3.12. The van der Waals surface area contributed by atoms with E-state index in [1.807, 2.05) is 6.07 Å². The second kappa shape index (κ2) is 6.72. The minimum absolute atomic E-state index is 0.00557. The van der Waals surface area contributed by atoms with Crippen LogP contribution in [0.5, 0.6) is 5.88 Å². The van der Waals surface area contributed by atoms with E-state index >= 15 is 0 Å². The summed E-state index contributed by atoms with van der Waals surface area (Å²) in [6.45, 7) is 2.29. The Kier molecular flexibility index (Phi) is 4.27. The zero-order chi connectivity index (χ0) is 17.2. The molecule has 0 radical (unpaired) electrons. The van der Waals surface area contributed by atoms with Crippen molar-refractivity contribution in [1.29, 1.82) is 0 Å². The number of hydrogen-bond donors (Lipinski definition) is 1. The van der Waals surface area contributed by atoms with Gasteiger partial charge in [0.2, 0.25) is 11.8 Å². The molecule has 132 valence electrons. The molecule has 2 fully saturated rings. The largest absolute Gasteiger partial charge is 0.481 e. The van der Waals surface area contributed by atoms with E-state index in [1.54, 1.807) is 25.5 Å². The van der Waals surface area contributed by atoms with Gasteiger partial charge in [0.25, 0.3) is 0 Å². The summed E-state index contributed by atoms with van der Waals surface area (Å²) in [5.41, 5.74) is 0. The van der Waals surface area contributed by atoms with Gasteiger partial charge in [-0.25, -0.2) is 9.97 Å². The van der Waals surface area contributed by atoms with Crippen molar-refractivity contribution >= 4 is 11.7 Å².